The van der Waals surface area contributed by atoms with E-state index >= 15 is 0 Å². The maximum Gasteiger partial charge on any atom is 0.0220 e. The van der Waals surface area contributed by atoms with E-state index in [1.165, 1.54) is 0 Å². The molecule has 0 fully saturated rings. The molecule has 0 unspecified atom stereocenters. The molecule has 0 heterocycles. The Morgan fingerprint density at radius 3 is 2.33 bits per heavy atom. The van der Waals surface area contributed by atoms with E-state index < -0.39 is 0 Å². The number of nitrogens with one attached hydrogen (secondary N) is 1. The van der Waals surface area contributed by atoms with E-state index in [1.807, 2.05) is 0 Å². The lowest BCUT2D eigenvalue weighted by atomic mass is 10.3. The van der Waals surface area contributed by atoms with E-state index in [0.717, 1.165) is 12.3 Å². The fourth-order valence-corrected chi connectivity index (χ4v) is 1.21. The average Bonchev–Trinajstić information content (AvgIpc) is 1.63. The summed E-state index contributed by atoms with van der Waals surface area (Å²) in [6.07, 6.45) is 0. The molecule has 3 heteroatoms. The van der Waals surface area contributed by atoms with Crippen LogP contribution in [0.2, 0.25) is 0 Å². The Kier molecular flexibility index (Phi) is 4.80. The zero-order valence-corrected chi connectivity index (χ0v) is 7.98. The summed E-state index contributed by atoms with van der Waals surface area (Å²) in [4.78, 5) is 0. The van der Waals surface area contributed by atoms with Crippen LogP contribution < -0.4 is 4.72 Å². The van der Waals surface area contributed by atoms with Crippen LogP contribution >= 0.6 is 24.6 Å². The molecule has 0 saturated heterocycles. The zero-order chi connectivity index (χ0) is 7.33. The molecule has 1 nitrogen and oxygen atoms in total. The van der Waals surface area contributed by atoms with Crippen LogP contribution in [-0.2, 0) is 0 Å². The molecule has 0 aromatic carbocycles. The third-order valence-electron chi connectivity index (χ3n) is 0.592. The van der Waals surface area contributed by atoms with Crippen molar-refractivity contribution in [1.82, 2.24) is 4.72 Å². The summed E-state index contributed by atoms with van der Waals surface area (Å²) in [5.41, 5.74) is 0. The normalized spacial score (nSPS) is 12.0. The van der Waals surface area contributed by atoms with Gasteiger partial charge in [-0.15, -0.1) is 0 Å². The maximum absolute atomic E-state index is 4.07. The first-order chi connectivity index (χ1) is 4.06. The minimum absolute atomic E-state index is 0.322. The molecule has 1 N–H and O–H groups in total. The summed E-state index contributed by atoms with van der Waals surface area (Å²) in [6.45, 7) is 7.53. The first kappa shape index (κ1) is 9.66. The Hall–Kier alpha value is 0.660. The highest BCUT2D eigenvalue weighted by Crippen LogP contribution is 2.18. The third kappa shape index (κ3) is 8.66. The molecular formula is C6H15NS2. The van der Waals surface area contributed by atoms with Gasteiger partial charge in [0, 0.05) is 17.0 Å². The van der Waals surface area contributed by atoms with Crippen molar-refractivity contribution >= 4 is 24.6 Å². The van der Waals surface area contributed by atoms with Gasteiger partial charge in [0.15, 0.2) is 0 Å². The summed E-state index contributed by atoms with van der Waals surface area (Å²) in [5.74, 6) is 0.906. The second-order valence-electron chi connectivity index (χ2n) is 2.83. The van der Waals surface area contributed by atoms with Crippen molar-refractivity contribution in [1.29, 1.82) is 0 Å². The standard InChI is InChI=1S/C6H15NS2/c1-6(2,3)9-7-4-5-8/h7-8H,4-5H2,1-3H3. The fraction of sp³-hybridized carbons (Fsp3) is 1.00. The Bertz CT molecular complexity index is 67.9. The van der Waals surface area contributed by atoms with Gasteiger partial charge < -0.3 is 0 Å². The Morgan fingerprint density at radius 2 is 2.00 bits per heavy atom. The van der Waals surface area contributed by atoms with Gasteiger partial charge in [0.2, 0.25) is 0 Å². The molecule has 56 valence electrons. The largest absolute Gasteiger partial charge is 0.263 e. The second kappa shape index (κ2) is 4.47. The topological polar surface area (TPSA) is 12.0 Å². The van der Waals surface area contributed by atoms with Crippen LogP contribution in [0, 0.1) is 0 Å². The van der Waals surface area contributed by atoms with Gasteiger partial charge in [-0.05, 0) is 20.8 Å². The van der Waals surface area contributed by atoms with Crippen LogP contribution in [0.1, 0.15) is 20.8 Å². The monoisotopic (exact) mass is 165 g/mol. The molecule has 0 aliphatic rings. The van der Waals surface area contributed by atoms with E-state index in [4.69, 9.17) is 0 Å². The molecular weight excluding hydrogens is 150 g/mol. The first-order valence-electron chi connectivity index (χ1n) is 3.08. The highest BCUT2D eigenvalue weighted by Gasteiger charge is 2.08. The molecule has 0 aromatic rings. The fourth-order valence-electron chi connectivity index (χ4n) is 0.313. The van der Waals surface area contributed by atoms with E-state index in [-0.39, 0.29) is 0 Å². The van der Waals surface area contributed by atoms with Crippen LogP contribution in [0.3, 0.4) is 0 Å². The molecule has 0 bridgehead atoms. The number of rotatable bonds is 3. The molecule has 0 amide bonds. The van der Waals surface area contributed by atoms with E-state index in [2.05, 4.69) is 38.1 Å². The molecule has 0 spiro atoms. The van der Waals surface area contributed by atoms with Gasteiger partial charge in [0.05, 0.1) is 0 Å². The lowest BCUT2D eigenvalue weighted by Gasteiger charge is -2.16. The summed E-state index contributed by atoms with van der Waals surface area (Å²) in [5, 5.41) is 0. The van der Waals surface area contributed by atoms with Gasteiger partial charge in [-0.25, -0.2) is 0 Å². The molecule has 0 radical (unpaired) electrons. The molecule has 0 aromatic heterocycles. The van der Waals surface area contributed by atoms with Crippen LogP contribution in [-0.4, -0.2) is 17.0 Å². The third-order valence-corrected chi connectivity index (χ3v) is 1.78. The first-order valence-corrected chi connectivity index (χ1v) is 4.53. The molecule has 0 saturated carbocycles. The van der Waals surface area contributed by atoms with E-state index in [0.29, 0.717) is 4.75 Å². The lowest BCUT2D eigenvalue weighted by molar-refractivity contribution is 0.792. The Labute approximate surface area is 67.5 Å². The molecule has 0 aliphatic heterocycles. The van der Waals surface area contributed by atoms with E-state index in [1.54, 1.807) is 11.9 Å². The van der Waals surface area contributed by atoms with Crippen molar-refractivity contribution in [3.8, 4) is 0 Å². The van der Waals surface area contributed by atoms with Crippen LogP contribution in [0.5, 0.6) is 0 Å². The molecule has 9 heavy (non-hydrogen) atoms. The van der Waals surface area contributed by atoms with Crippen molar-refractivity contribution in [3.63, 3.8) is 0 Å². The number of hydrogen-bond donors (Lipinski definition) is 2. The Morgan fingerprint density at radius 1 is 1.44 bits per heavy atom. The summed E-state index contributed by atoms with van der Waals surface area (Å²) < 4.78 is 3.54. The zero-order valence-electron chi connectivity index (χ0n) is 6.27. The lowest BCUT2D eigenvalue weighted by Crippen LogP contribution is -2.18. The molecule has 0 rings (SSSR count). The van der Waals surface area contributed by atoms with Gasteiger partial charge in [0.1, 0.15) is 0 Å². The quantitative estimate of drug-likeness (QED) is 0.377. The summed E-state index contributed by atoms with van der Waals surface area (Å²) >= 11 is 5.83. The van der Waals surface area contributed by atoms with Crippen molar-refractivity contribution in [3.05, 3.63) is 0 Å². The number of hydrogen-bond acceptors (Lipinski definition) is 3. The van der Waals surface area contributed by atoms with Gasteiger partial charge in [-0.2, -0.15) is 12.6 Å². The second-order valence-corrected chi connectivity index (χ2v) is 5.00. The highest BCUT2D eigenvalue weighted by atomic mass is 32.2. The smallest absolute Gasteiger partial charge is 0.0220 e. The van der Waals surface area contributed by atoms with Crippen molar-refractivity contribution in [2.45, 2.75) is 25.5 Å². The molecule has 0 aliphatic carbocycles. The van der Waals surface area contributed by atoms with Gasteiger partial charge in [-0.3, -0.25) is 4.72 Å². The SMILES string of the molecule is CC(C)(C)SNCCS. The van der Waals surface area contributed by atoms with Crippen molar-refractivity contribution in [2.24, 2.45) is 0 Å². The van der Waals surface area contributed by atoms with Crippen LogP contribution in [0.15, 0.2) is 0 Å². The summed E-state index contributed by atoms with van der Waals surface area (Å²) in [6, 6.07) is 0. The highest BCUT2D eigenvalue weighted by molar-refractivity contribution is 7.98. The number of thiol groups is 1. The maximum atomic E-state index is 4.07. The summed E-state index contributed by atoms with van der Waals surface area (Å²) in [7, 11) is 0. The molecule has 0 atom stereocenters. The minimum Gasteiger partial charge on any atom is -0.263 e. The average molecular weight is 165 g/mol. The van der Waals surface area contributed by atoms with Gasteiger partial charge >= 0.3 is 0 Å². The van der Waals surface area contributed by atoms with Gasteiger partial charge in [0.25, 0.3) is 0 Å². The van der Waals surface area contributed by atoms with Crippen molar-refractivity contribution < 1.29 is 0 Å². The van der Waals surface area contributed by atoms with Crippen molar-refractivity contribution in [2.75, 3.05) is 12.3 Å². The van der Waals surface area contributed by atoms with Crippen LogP contribution in [0.25, 0.3) is 0 Å². The predicted octanol–water partition coefficient (Wildman–Crippen LogP) is 1.95. The minimum atomic E-state index is 0.322. The van der Waals surface area contributed by atoms with E-state index in [9.17, 15) is 0 Å². The Balaban J connectivity index is 3.07. The van der Waals surface area contributed by atoms with Gasteiger partial charge in [-0.1, -0.05) is 11.9 Å². The van der Waals surface area contributed by atoms with Crippen LogP contribution in [0.4, 0.5) is 0 Å². The predicted molar refractivity (Wildman–Crippen MR) is 49.2 cm³/mol.